The molecule has 0 aromatic heterocycles. The molecule has 0 aliphatic heterocycles. The highest BCUT2D eigenvalue weighted by molar-refractivity contribution is 7.99. The summed E-state index contributed by atoms with van der Waals surface area (Å²) in [6.45, 7) is 2.86. The number of para-hydroxylation sites is 1. The normalized spacial score (nSPS) is 10.1. The number of carbonyl (C=O) groups excluding carboxylic acids is 2. The predicted octanol–water partition coefficient (Wildman–Crippen LogP) is 1.46. The fourth-order valence-corrected chi connectivity index (χ4v) is 2.26. The molecule has 110 valence electrons. The van der Waals surface area contributed by atoms with Gasteiger partial charge in [-0.05, 0) is 24.3 Å². The van der Waals surface area contributed by atoms with Gasteiger partial charge in [0, 0.05) is 13.1 Å². The summed E-state index contributed by atoms with van der Waals surface area (Å²) in [5.41, 5.74) is 6.34. The first-order chi connectivity index (χ1) is 9.69. The van der Waals surface area contributed by atoms with Gasteiger partial charge in [-0.25, -0.2) is 0 Å². The van der Waals surface area contributed by atoms with Crippen molar-refractivity contribution in [2.75, 3.05) is 29.9 Å². The largest absolute Gasteiger partial charge is 0.351 e. The van der Waals surface area contributed by atoms with Crippen LogP contribution in [0.2, 0.25) is 0 Å². The first-order valence-electron chi connectivity index (χ1n) is 6.64. The van der Waals surface area contributed by atoms with Crippen molar-refractivity contribution >= 4 is 29.3 Å². The molecule has 0 atom stereocenters. The number of nitrogens with one attached hydrogen (secondary N) is 2. The summed E-state index contributed by atoms with van der Waals surface area (Å²) in [6.07, 6.45) is 1.04. The summed E-state index contributed by atoms with van der Waals surface area (Å²) in [7, 11) is 0. The molecule has 0 heterocycles. The van der Waals surface area contributed by atoms with Crippen LogP contribution in [0.5, 0.6) is 0 Å². The summed E-state index contributed by atoms with van der Waals surface area (Å²) in [6, 6.07) is 6.95. The minimum atomic E-state index is -0.229. The quantitative estimate of drug-likeness (QED) is 0.634. The Morgan fingerprint density at radius 2 is 2.05 bits per heavy atom. The van der Waals surface area contributed by atoms with Crippen LogP contribution in [0.4, 0.5) is 5.69 Å². The number of carbonyl (C=O) groups is 2. The number of hydrogen-bond acceptors (Lipinski definition) is 4. The maximum Gasteiger partial charge on any atom is 0.253 e. The average molecular weight is 295 g/mol. The summed E-state index contributed by atoms with van der Waals surface area (Å²) in [4.78, 5) is 23.7. The Balaban J connectivity index is 2.65. The number of benzene rings is 1. The van der Waals surface area contributed by atoms with E-state index >= 15 is 0 Å². The van der Waals surface area contributed by atoms with Crippen LogP contribution in [-0.2, 0) is 4.79 Å². The molecule has 0 aliphatic rings. The van der Waals surface area contributed by atoms with Gasteiger partial charge in [0.25, 0.3) is 5.91 Å². The Bertz CT molecular complexity index is 452. The van der Waals surface area contributed by atoms with E-state index in [1.54, 1.807) is 36.0 Å². The molecule has 0 bridgehead atoms. The van der Waals surface area contributed by atoms with Gasteiger partial charge >= 0.3 is 0 Å². The van der Waals surface area contributed by atoms with E-state index in [9.17, 15) is 9.59 Å². The molecule has 0 fully saturated rings. The molecule has 0 saturated heterocycles. The van der Waals surface area contributed by atoms with Crippen LogP contribution < -0.4 is 16.4 Å². The molecule has 1 aromatic carbocycles. The monoisotopic (exact) mass is 295 g/mol. The third kappa shape index (κ3) is 5.63. The van der Waals surface area contributed by atoms with Crippen LogP contribution in [0.3, 0.4) is 0 Å². The second kappa shape index (κ2) is 9.39. The van der Waals surface area contributed by atoms with Gasteiger partial charge < -0.3 is 16.4 Å². The molecule has 4 N–H and O–H groups in total. The first kappa shape index (κ1) is 16.5. The van der Waals surface area contributed by atoms with Gasteiger partial charge in [0.2, 0.25) is 5.91 Å². The predicted molar refractivity (Wildman–Crippen MR) is 84.1 cm³/mol. The van der Waals surface area contributed by atoms with Crippen molar-refractivity contribution in [1.29, 1.82) is 0 Å². The van der Waals surface area contributed by atoms with Gasteiger partial charge in [-0.2, -0.15) is 11.8 Å². The third-order valence-corrected chi connectivity index (χ3v) is 3.62. The number of hydrogen-bond donors (Lipinski definition) is 3. The van der Waals surface area contributed by atoms with Crippen molar-refractivity contribution in [2.24, 2.45) is 5.73 Å². The minimum absolute atomic E-state index is 0.0949. The number of rotatable bonds is 8. The fourth-order valence-electron chi connectivity index (χ4n) is 1.57. The molecule has 0 saturated carbocycles. The lowest BCUT2D eigenvalue weighted by Crippen LogP contribution is -2.30. The zero-order valence-electron chi connectivity index (χ0n) is 11.6. The zero-order valence-corrected chi connectivity index (χ0v) is 12.5. The van der Waals surface area contributed by atoms with Gasteiger partial charge in [0.15, 0.2) is 0 Å². The van der Waals surface area contributed by atoms with E-state index < -0.39 is 0 Å². The smallest absolute Gasteiger partial charge is 0.253 e. The molecule has 1 aromatic rings. The molecule has 0 aliphatic carbocycles. The van der Waals surface area contributed by atoms with E-state index in [4.69, 9.17) is 5.73 Å². The lowest BCUT2D eigenvalue weighted by Gasteiger charge is -2.11. The molecule has 0 spiro atoms. The second-order valence-electron chi connectivity index (χ2n) is 4.19. The van der Waals surface area contributed by atoms with Crippen molar-refractivity contribution in [2.45, 2.75) is 13.3 Å². The van der Waals surface area contributed by atoms with E-state index in [1.807, 2.05) is 0 Å². The Labute approximate surface area is 123 Å². The van der Waals surface area contributed by atoms with Gasteiger partial charge in [0.1, 0.15) is 0 Å². The number of thioether (sulfide) groups is 1. The molecular weight excluding hydrogens is 274 g/mol. The molecule has 5 nitrogen and oxygen atoms in total. The van der Waals surface area contributed by atoms with Crippen molar-refractivity contribution < 1.29 is 9.59 Å². The van der Waals surface area contributed by atoms with Gasteiger partial charge in [-0.1, -0.05) is 19.1 Å². The number of nitrogens with two attached hydrogens (primary N) is 1. The molecule has 2 amide bonds. The van der Waals surface area contributed by atoms with Gasteiger partial charge in [-0.15, -0.1) is 0 Å². The average Bonchev–Trinajstić information content (AvgIpc) is 2.45. The van der Waals surface area contributed by atoms with E-state index in [1.165, 1.54) is 0 Å². The summed E-state index contributed by atoms with van der Waals surface area (Å²) in [5, 5.41) is 5.47. The molecular formula is C14H21N3O2S. The lowest BCUT2D eigenvalue weighted by atomic mass is 10.1. The highest BCUT2D eigenvalue weighted by Crippen LogP contribution is 2.15. The molecule has 6 heteroatoms. The second-order valence-corrected chi connectivity index (χ2v) is 5.30. The van der Waals surface area contributed by atoms with Crippen LogP contribution in [0, 0.1) is 0 Å². The summed E-state index contributed by atoms with van der Waals surface area (Å²) >= 11 is 1.58. The van der Waals surface area contributed by atoms with E-state index in [2.05, 4.69) is 17.6 Å². The van der Waals surface area contributed by atoms with Crippen molar-refractivity contribution in [3.8, 4) is 0 Å². The van der Waals surface area contributed by atoms with Gasteiger partial charge in [-0.3, -0.25) is 9.59 Å². The highest BCUT2D eigenvalue weighted by Gasteiger charge is 2.12. The van der Waals surface area contributed by atoms with Crippen molar-refractivity contribution in [3.05, 3.63) is 29.8 Å². The van der Waals surface area contributed by atoms with Crippen LogP contribution in [0.15, 0.2) is 24.3 Å². The van der Waals surface area contributed by atoms with Crippen molar-refractivity contribution in [3.63, 3.8) is 0 Å². The maximum absolute atomic E-state index is 11.9. The van der Waals surface area contributed by atoms with Crippen molar-refractivity contribution in [1.82, 2.24) is 5.32 Å². The molecule has 1 rings (SSSR count). The lowest BCUT2D eigenvalue weighted by molar-refractivity contribution is -0.113. The molecule has 20 heavy (non-hydrogen) atoms. The minimum Gasteiger partial charge on any atom is -0.351 e. The van der Waals surface area contributed by atoms with Crippen LogP contribution in [0.1, 0.15) is 23.7 Å². The Kier molecular flexibility index (Phi) is 7.75. The fraction of sp³-hybridized carbons (Fsp3) is 0.429. The molecule has 0 radical (unpaired) electrons. The SMILES string of the molecule is CCCSCC(=O)Nc1ccccc1C(=O)NCCN. The maximum atomic E-state index is 11.9. The number of anilines is 1. The van der Waals surface area contributed by atoms with E-state index in [0.29, 0.717) is 30.1 Å². The zero-order chi connectivity index (χ0) is 14.8. The van der Waals surface area contributed by atoms with Crippen LogP contribution in [-0.4, -0.2) is 36.4 Å². The highest BCUT2D eigenvalue weighted by atomic mass is 32.2. The standard InChI is InChI=1S/C14H21N3O2S/c1-2-9-20-10-13(18)17-12-6-4-3-5-11(12)14(19)16-8-7-15/h3-6H,2,7-10,15H2,1H3,(H,16,19)(H,17,18). The molecule has 0 unspecified atom stereocenters. The van der Waals surface area contributed by atoms with Gasteiger partial charge in [0.05, 0.1) is 17.0 Å². The van der Waals surface area contributed by atoms with E-state index in [-0.39, 0.29) is 11.8 Å². The topological polar surface area (TPSA) is 84.2 Å². The first-order valence-corrected chi connectivity index (χ1v) is 7.79. The summed E-state index contributed by atoms with van der Waals surface area (Å²) in [5.74, 6) is 1.02. The Morgan fingerprint density at radius 1 is 1.30 bits per heavy atom. The Hall–Kier alpha value is -1.53. The number of amides is 2. The van der Waals surface area contributed by atoms with E-state index in [0.717, 1.165) is 12.2 Å². The van der Waals surface area contributed by atoms with Crippen LogP contribution in [0.25, 0.3) is 0 Å². The van der Waals surface area contributed by atoms with Crippen LogP contribution >= 0.6 is 11.8 Å². The Morgan fingerprint density at radius 3 is 2.75 bits per heavy atom. The third-order valence-electron chi connectivity index (χ3n) is 2.46. The summed E-state index contributed by atoms with van der Waals surface area (Å²) < 4.78 is 0.